The van der Waals surface area contributed by atoms with Crippen LogP contribution < -0.4 is 10.2 Å². The summed E-state index contributed by atoms with van der Waals surface area (Å²) < 4.78 is 13.0. The molecule has 2 rings (SSSR count). The summed E-state index contributed by atoms with van der Waals surface area (Å²) in [6.07, 6.45) is 1.03. The van der Waals surface area contributed by atoms with Gasteiger partial charge in [0.15, 0.2) is 0 Å². The predicted molar refractivity (Wildman–Crippen MR) is 80.0 cm³/mol. The zero-order valence-electron chi connectivity index (χ0n) is 12.0. The molecule has 4 nitrogen and oxygen atoms in total. The molecule has 1 N–H and O–H groups in total. The molecule has 2 aromatic rings. The van der Waals surface area contributed by atoms with Crippen molar-refractivity contribution in [3.05, 3.63) is 42.0 Å². The fourth-order valence-electron chi connectivity index (χ4n) is 1.86. The van der Waals surface area contributed by atoms with Crippen LogP contribution in [0.25, 0.3) is 0 Å². The first-order valence-corrected chi connectivity index (χ1v) is 6.69. The van der Waals surface area contributed by atoms with Gasteiger partial charge in [-0.1, -0.05) is 6.92 Å². The van der Waals surface area contributed by atoms with Crippen LogP contribution in [0.3, 0.4) is 0 Å². The van der Waals surface area contributed by atoms with Crippen LogP contribution in [0.15, 0.2) is 30.3 Å². The van der Waals surface area contributed by atoms with E-state index in [9.17, 15) is 4.39 Å². The third-order valence-electron chi connectivity index (χ3n) is 2.94. The second kappa shape index (κ2) is 6.32. The Balaban J connectivity index is 2.26. The minimum atomic E-state index is -0.244. The highest BCUT2D eigenvalue weighted by Gasteiger charge is 2.08. The molecule has 5 heteroatoms. The molecule has 1 aromatic carbocycles. The predicted octanol–water partition coefficient (Wildman–Crippen LogP) is 3.51. The maximum Gasteiger partial charge on any atom is 0.138 e. The highest BCUT2D eigenvalue weighted by atomic mass is 19.1. The Morgan fingerprint density at radius 3 is 2.55 bits per heavy atom. The summed E-state index contributed by atoms with van der Waals surface area (Å²) in [6.45, 7) is 4.84. The lowest BCUT2D eigenvalue weighted by molar-refractivity contribution is 0.628. The molecule has 1 aromatic heterocycles. The molecule has 20 heavy (non-hydrogen) atoms. The van der Waals surface area contributed by atoms with Crippen molar-refractivity contribution in [3.63, 3.8) is 0 Å². The number of hydrogen-bond donors (Lipinski definition) is 1. The minimum absolute atomic E-state index is 0.244. The van der Waals surface area contributed by atoms with Crippen LogP contribution in [-0.4, -0.2) is 23.6 Å². The van der Waals surface area contributed by atoms with Crippen molar-refractivity contribution in [1.82, 2.24) is 9.97 Å². The largest absolute Gasteiger partial charge is 0.370 e. The molecule has 0 aliphatic heterocycles. The summed E-state index contributed by atoms with van der Waals surface area (Å²) in [5.74, 6) is 2.05. The van der Waals surface area contributed by atoms with E-state index in [1.165, 1.54) is 12.1 Å². The number of aromatic nitrogens is 2. The SMILES string of the molecule is CCCNc1cc(N(C)c2ccc(F)cc2)nc(C)n1. The molecule has 0 unspecified atom stereocenters. The monoisotopic (exact) mass is 274 g/mol. The minimum Gasteiger partial charge on any atom is -0.370 e. The zero-order chi connectivity index (χ0) is 14.5. The van der Waals surface area contributed by atoms with Gasteiger partial charge in [-0.15, -0.1) is 0 Å². The summed E-state index contributed by atoms with van der Waals surface area (Å²) in [4.78, 5) is 10.7. The molecule has 0 spiro atoms. The van der Waals surface area contributed by atoms with E-state index in [-0.39, 0.29) is 5.82 Å². The van der Waals surface area contributed by atoms with Gasteiger partial charge < -0.3 is 10.2 Å². The van der Waals surface area contributed by atoms with E-state index in [1.807, 2.05) is 24.9 Å². The Morgan fingerprint density at radius 2 is 1.90 bits per heavy atom. The third kappa shape index (κ3) is 3.44. The van der Waals surface area contributed by atoms with E-state index in [2.05, 4.69) is 22.2 Å². The van der Waals surface area contributed by atoms with E-state index in [1.54, 1.807) is 12.1 Å². The van der Waals surface area contributed by atoms with E-state index in [4.69, 9.17) is 0 Å². The third-order valence-corrected chi connectivity index (χ3v) is 2.94. The summed E-state index contributed by atoms with van der Waals surface area (Å²) >= 11 is 0. The van der Waals surface area contributed by atoms with Crippen molar-refractivity contribution in [3.8, 4) is 0 Å². The Kier molecular flexibility index (Phi) is 4.50. The number of nitrogens with zero attached hydrogens (tertiary/aromatic N) is 3. The molecule has 0 bridgehead atoms. The normalized spacial score (nSPS) is 10.4. The summed E-state index contributed by atoms with van der Waals surface area (Å²) in [5.41, 5.74) is 0.881. The Morgan fingerprint density at radius 1 is 1.20 bits per heavy atom. The summed E-state index contributed by atoms with van der Waals surface area (Å²) in [6, 6.07) is 8.23. The molecule has 0 aliphatic rings. The quantitative estimate of drug-likeness (QED) is 0.905. The van der Waals surface area contributed by atoms with Crippen LogP contribution in [0.5, 0.6) is 0 Å². The fraction of sp³-hybridized carbons (Fsp3) is 0.333. The Hall–Kier alpha value is -2.17. The van der Waals surface area contributed by atoms with E-state index in [0.29, 0.717) is 5.82 Å². The van der Waals surface area contributed by atoms with Crippen LogP contribution in [0, 0.1) is 12.7 Å². The van der Waals surface area contributed by atoms with Crippen molar-refractivity contribution in [2.45, 2.75) is 20.3 Å². The van der Waals surface area contributed by atoms with Gasteiger partial charge in [-0.3, -0.25) is 0 Å². The molecule has 0 amide bonds. The molecule has 0 saturated carbocycles. The van der Waals surface area contributed by atoms with Crippen LogP contribution in [0.2, 0.25) is 0 Å². The lowest BCUT2D eigenvalue weighted by Gasteiger charge is -2.19. The first-order chi connectivity index (χ1) is 9.60. The summed E-state index contributed by atoms with van der Waals surface area (Å²) in [7, 11) is 1.90. The Bertz CT molecular complexity index is 569. The van der Waals surface area contributed by atoms with E-state index in [0.717, 1.165) is 30.3 Å². The molecule has 0 saturated heterocycles. The van der Waals surface area contributed by atoms with Gasteiger partial charge in [0, 0.05) is 25.3 Å². The molecule has 106 valence electrons. The van der Waals surface area contributed by atoms with Crippen molar-refractivity contribution >= 4 is 17.3 Å². The molecule has 1 heterocycles. The fourth-order valence-corrected chi connectivity index (χ4v) is 1.86. The summed E-state index contributed by atoms with van der Waals surface area (Å²) in [5, 5.41) is 3.25. The number of halogens is 1. The molecule has 0 radical (unpaired) electrons. The Labute approximate surface area is 118 Å². The second-order valence-corrected chi connectivity index (χ2v) is 4.62. The van der Waals surface area contributed by atoms with Crippen LogP contribution in [0.1, 0.15) is 19.2 Å². The van der Waals surface area contributed by atoms with Gasteiger partial charge in [-0.25, -0.2) is 14.4 Å². The van der Waals surface area contributed by atoms with Crippen molar-refractivity contribution in [2.75, 3.05) is 23.8 Å². The maximum atomic E-state index is 13.0. The van der Waals surface area contributed by atoms with E-state index < -0.39 is 0 Å². The highest BCUT2D eigenvalue weighted by Crippen LogP contribution is 2.23. The van der Waals surface area contributed by atoms with Gasteiger partial charge in [0.25, 0.3) is 0 Å². The number of aryl methyl sites for hydroxylation is 1. The first kappa shape index (κ1) is 14.2. The van der Waals surface area contributed by atoms with E-state index >= 15 is 0 Å². The van der Waals surface area contributed by atoms with Crippen LogP contribution >= 0.6 is 0 Å². The topological polar surface area (TPSA) is 41.0 Å². The lowest BCUT2D eigenvalue weighted by atomic mass is 10.3. The zero-order valence-corrected chi connectivity index (χ0v) is 12.0. The second-order valence-electron chi connectivity index (χ2n) is 4.62. The average molecular weight is 274 g/mol. The maximum absolute atomic E-state index is 13.0. The van der Waals surface area contributed by atoms with Gasteiger partial charge in [0.05, 0.1) is 0 Å². The number of benzene rings is 1. The number of hydrogen-bond acceptors (Lipinski definition) is 4. The van der Waals surface area contributed by atoms with Gasteiger partial charge in [0.2, 0.25) is 0 Å². The van der Waals surface area contributed by atoms with Crippen LogP contribution in [0.4, 0.5) is 21.7 Å². The van der Waals surface area contributed by atoms with Gasteiger partial charge in [-0.2, -0.15) is 0 Å². The highest BCUT2D eigenvalue weighted by molar-refractivity contribution is 5.61. The molecular formula is C15H19FN4. The van der Waals surface area contributed by atoms with Crippen LogP contribution in [-0.2, 0) is 0 Å². The molecular weight excluding hydrogens is 255 g/mol. The standard InChI is InChI=1S/C15H19FN4/c1-4-9-17-14-10-15(19-11(2)18-14)20(3)13-7-5-12(16)6-8-13/h5-8,10H,4,9H2,1-3H3,(H,17,18,19). The number of nitrogens with one attached hydrogen (secondary N) is 1. The van der Waals surface area contributed by atoms with Crippen molar-refractivity contribution < 1.29 is 4.39 Å². The first-order valence-electron chi connectivity index (χ1n) is 6.69. The van der Waals surface area contributed by atoms with Gasteiger partial charge >= 0.3 is 0 Å². The van der Waals surface area contributed by atoms with Gasteiger partial charge in [0.1, 0.15) is 23.3 Å². The smallest absolute Gasteiger partial charge is 0.138 e. The van der Waals surface area contributed by atoms with Crippen molar-refractivity contribution in [1.29, 1.82) is 0 Å². The number of rotatable bonds is 5. The van der Waals surface area contributed by atoms with Crippen molar-refractivity contribution in [2.24, 2.45) is 0 Å². The number of anilines is 3. The molecule has 0 fully saturated rings. The molecule has 0 aliphatic carbocycles. The lowest BCUT2D eigenvalue weighted by Crippen LogP contribution is -2.13. The molecule has 0 atom stereocenters. The van der Waals surface area contributed by atoms with Gasteiger partial charge in [-0.05, 0) is 37.6 Å². The average Bonchev–Trinajstić information content (AvgIpc) is 2.44.